The number of carbonyl (C=O) groups excluding carboxylic acids is 2. The summed E-state index contributed by atoms with van der Waals surface area (Å²) in [7, 11) is 0. The van der Waals surface area contributed by atoms with Crippen molar-refractivity contribution < 1.29 is 19.5 Å². The van der Waals surface area contributed by atoms with E-state index in [0.717, 1.165) is 46.5 Å². The van der Waals surface area contributed by atoms with Crippen molar-refractivity contribution in [1.82, 2.24) is 21.2 Å². The van der Waals surface area contributed by atoms with Crippen molar-refractivity contribution in [1.29, 1.82) is 0 Å². The van der Waals surface area contributed by atoms with Crippen molar-refractivity contribution in [3.8, 4) is 0 Å². The number of nitrogens with one attached hydrogen (secondary N) is 4. The second kappa shape index (κ2) is 11.9. The number of nitrogens with zero attached hydrogens (tertiary/aromatic N) is 1. The first kappa shape index (κ1) is 24.8. The third kappa shape index (κ3) is 7.08. The fourth-order valence-electron chi connectivity index (χ4n) is 3.54. The van der Waals surface area contributed by atoms with Gasteiger partial charge in [0.05, 0.1) is 11.6 Å². The minimum absolute atomic E-state index is 0.207. The third-order valence-corrected chi connectivity index (χ3v) is 5.58. The van der Waals surface area contributed by atoms with Crippen LogP contribution < -0.4 is 21.7 Å². The fourth-order valence-corrected chi connectivity index (χ4v) is 3.54. The number of urea groups is 2. The number of hydrogen-bond donors (Lipinski definition) is 5. The average Bonchev–Trinajstić information content (AvgIpc) is 3.37. The molecular formula is C25H31N5O4. The highest BCUT2D eigenvalue weighted by molar-refractivity contribution is 5.93. The van der Waals surface area contributed by atoms with Crippen molar-refractivity contribution in [3.63, 3.8) is 0 Å². The van der Waals surface area contributed by atoms with Crippen LogP contribution in [0.2, 0.25) is 0 Å². The molecule has 1 aliphatic rings. The predicted molar refractivity (Wildman–Crippen MR) is 130 cm³/mol. The Hall–Kier alpha value is -3.85. The minimum Gasteiger partial charge on any atom is -0.481 e. The number of carboxylic acids is 1. The van der Waals surface area contributed by atoms with E-state index in [1.165, 1.54) is 12.5 Å². The topological polar surface area (TPSA) is 123 Å². The monoisotopic (exact) mass is 465 g/mol. The molecule has 0 bridgehead atoms. The lowest BCUT2D eigenvalue weighted by molar-refractivity contribution is -0.141. The van der Waals surface area contributed by atoms with Gasteiger partial charge in [-0.15, -0.1) is 5.53 Å². The maximum atomic E-state index is 12.7. The summed E-state index contributed by atoms with van der Waals surface area (Å²) in [6.45, 7) is 3.32. The van der Waals surface area contributed by atoms with Crippen LogP contribution in [-0.4, -0.2) is 34.6 Å². The van der Waals surface area contributed by atoms with Crippen LogP contribution in [0.3, 0.4) is 0 Å². The Labute approximate surface area is 199 Å². The molecule has 0 radical (unpaired) electrons. The molecule has 4 amide bonds. The van der Waals surface area contributed by atoms with E-state index in [1.54, 1.807) is 0 Å². The van der Waals surface area contributed by atoms with E-state index in [2.05, 4.69) is 27.8 Å². The Balaban J connectivity index is 1.58. The van der Waals surface area contributed by atoms with E-state index in [-0.39, 0.29) is 13.1 Å². The highest BCUT2D eigenvalue weighted by Crippen LogP contribution is 2.28. The van der Waals surface area contributed by atoms with Gasteiger partial charge in [0.2, 0.25) is 0 Å². The quantitative estimate of drug-likeness (QED) is 0.356. The van der Waals surface area contributed by atoms with Gasteiger partial charge in [0.25, 0.3) is 0 Å². The Bertz CT molecular complexity index is 1050. The zero-order chi connectivity index (χ0) is 24.5. The highest BCUT2D eigenvalue weighted by Gasteiger charge is 2.26. The molecule has 34 heavy (non-hydrogen) atoms. The van der Waals surface area contributed by atoms with Crippen molar-refractivity contribution in [2.75, 3.05) is 12.0 Å². The molecule has 2 aromatic carbocycles. The molecule has 0 fully saturated rings. The van der Waals surface area contributed by atoms with Crippen LogP contribution in [0, 0.1) is 12.8 Å². The van der Waals surface area contributed by atoms with Crippen LogP contribution in [-0.2, 0) is 11.3 Å². The predicted octanol–water partition coefficient (Wildman–Crippen LogP) is 4.04. The summed E-state index contributed by atoms with van der Waals surface area (Å²) in [6.07, 6.45) is 5.50. The normalized spacial score (nSPS) is 13.5. The lowest BCUT2D eigenvalue weighted by Crippen LogP contribution is -2.54. The summed E-state index contributed by atoms with van der Waals surface area (Å²) in [5.74, 6) is -2.03. The number of amides is 4. The molecule has 5 N–H and O–H groups in total. The molecule has 0 aromatic heterocycles. The van der Waals surface area contributed by atoms with Crippen molar-refractivity contribution >= 4 is 29.3 Å². The highest BCUT2D eigenvalue weighted by atomic mass is 16.4. The van der Waals surface area contributed by atoms with Crippen LogP contribution in [0.15, 0.2) is 54.6 Å². The summed E-state index contributed by atoms with van der Waals surface area (Å²) in [5.41, 5.74) is 13.0. The number of hydrogen-bond acceptors (Lipinski definition) is 5. The molecule has 2 aromatic rings. The summed E-state index contributed by atoms with van der Waals surface area (Å²) >= 11 is 0. The second-order valence-corrected chi connectivity index (χ2v) is 8.38. The average molecular weight is 466 g/mol. The summed E-state index contributed by atoms with van der Waals surface area (Å²) in [6, 6.07) is 13.9. The zero-order valence-electron chi connectivity index (χ0n) is 19.4. The third-order valence-electron chi connectivity index (χ3n) is 5.58. The van der Waals surface area contributed by atoms with Gasteiger partial charge in [-0.1, -0.05) is 55.0 Å². The Morgan fingerprint density at radius 2 is 1.85 bits per heavy atom. The number of aryl methyl sites for hydroxylation is 1. The first-order chi connectivity index (χ1) is 16.3. The first-order valence-electron chi connectivity index (χ1n) is 11.3. The largest absolute Gasteiger partial charge is 0.481 e. The summed E-state index contributed by atoms with van der Waals surface area (Å²) in [5, 5.41) is 11.9. The van der Waals surface area contributed by atoms with Crippen molar-refractivity contribution in [2.24, 2.45) is 5.92 Å². The fraction of sp³-hybridized carbons (Fsp3) is 0.320. The van der Waals surface area contributed by atoms with Gasteiger partial charge >= 0.3 is 18.0 Å². The van der Waals surface area contributed by atoms with E-state index in [4.69, 9.17) is 0 Å². The van der Waals surface area contributed by atoms with Gasteiger partial charge in [0.1, 0.15) is 0 Å². The van der Waals surface area contributed by atoms with Gasteiger partial charge in [-0.3, -0.25) is 10.2 Å². The van der Waals surface area contributed by atoms with Crippen LogP contribution in [0.4, 0.5) is 15.3 Å². The van der Waals surface area contributed by atoms with E-state index in [9.17, 15) is 19.5 Å². The molecule has 3 rings (SSSR count). The number of aliphatic carboxylic acids is 1. The lowest BCUT2D eigenvalue weighted by atomic mass is 10.1. The summed E-state index contributed by atoms with van der Waals surface area (Å²) < 4.78 is 0. The standard InChI is InChI=1S/C25H31N5O4/c1-17-10-12-19(13-11-17)15-26-24(33)30(16-18(2)23(31)32)25(34)28-29-27-22-9-5-8-21(14-22)20-6-3-4-7-20/h5-6,8-14,18,27,29H,3-4,7,15-16H2,1-2H3,(H,26,33)(H,28,34)(H,31,32). The number of hydrazine groups is 2. The number of anilines is 1. The Morgan fingerprint density at radius 3 is 2.53 bits per heavy atom. The number of carboxylic acid groups (broad SMARTS) is 1. The van der Waals surface area contributed by atoms with Gasteiger partial charge in [-0.2, -0.15) is 0 Å². The molecular weight excluding hydrogens is 434 g/mol. The van der Waals surface area contributed by atoms with Gasteiger partial charge in [-0.05, 0) is 55.0 Å². The van der Waals surface area contributed by atoms with Crippen LogP contribution in [0.5, 0.6) is 0 Å². The molecule has 0 saturated carbocycles. The smallest absolute Gasteiger partial charge is 0.341 e. The maximum absolute atomic E-state index is 12.7. The van der Waals surface area contributed by atoms with Gasteiger partial charge in [-0.25, -0.2) is 14.5 Å². The van der Waals surface area contributed by atoms with E-state index < -0.39 is 23.9 Å². The van der Waals surface area contributed by atoms with Gasteiger partial charge in [0.15, 0.2) is 0 Å². The molecule has 180 valence electrons. The number of rotatable bonds is 9. The maximum Gasteiger partial charge on any atom is 0.341 e. The van der Waals surface area contributed by atoms with Gasteiger partial charge < -0.3 is 15.8 Å². The van der Waals surface area contributed by atoms with E-state index >= 15 is 0 Å². The van der Waals surface area contributed by atoms with Gasteiger partial charge in [0, 0.05) is 13.1 Å². The molecule has 0 aliphatic heterocycles. The van der Waals surface area contributed by atoms with Crippen LogP contribution >= 0.6 is 0 Å². The number of benzene rings is 2. The van der Waals surface area contributed by atoms with Crippen LogP contribution in [0.1, 0.15) is 42.9 Å². The molecule has 0 saturated heterocycles. The molecule has 0 spiro atoms. The molecule has 9 heteroatoms. The molecule has 1 aliphatic carbocycles. The molecule has 0 heterocycles. The zero-order valence-corrected chi connectivity index (χ0v) is 19.4. The Morgan fingerprint density at radius 1 is 1.09 bits per heavy atom. The SMILES string of the molecule is Cc1ccc(CNC(=O)N(CC(C)C(=O)O)C(=O)NNNc2cccc(C3=CCCC3)c2)cc1. The second-order valence-electron chi connectivity index (χ2n) is 8.38. The lowest BCUT2D eigenvalue weighted by Gasteiger charge is -2.24. The van der Waals surface area contributed by atoms with E-state index in [0.29, 0.717) is 0 Å². The molecule has 1 atom stereocenters. The minimum atomic E-state index is -1.10. The van der Waals surface area contributed by atoms with E-state index in [1.807, 2.05) is 55.5 Å². The number of carbonyl (C=O) groups is 3. The number of imide groups is 1. The van der Waals surface area contributed by atoms with Crippen molar-refractivity contribution in [2.45, 2.75) is 39.7 Å². The molecule has 1 unspecified atom stereocenters. The number of allylic oxidation sites excluding steroid dienone is 2. The van der Waals surface area contributed by atoms with Crippen molar-refractivity contribution in [3.05, 3.63) is 71.3 Å². The summed E-state index contributed by atoms with van der Waals surface area (Å²) in [4.78, 5) is 37.6. The first-order valence-corrected chi connectivity index (χ1v) is 11.3. The Kier molecular flexibility index (Phi) is 8.64. The van der Waals surface area contributed by atoms with Crippen LogP contribution in [0.25, 0.3) is 5.57 Å². The molecule has 9 nitrogen and oxygen atoms in total.